The Hall–Kier alpha value is -1.53. The van der Waals surface area contributed by atoms with Crippen LogP contribution in [0, 0.1) is 0 Å². The largest absolute Gasteiger partial charge is 0.388 e. The molecular formula is C19H30ClN5O. The molecule has 1 aliphatic heterocycles. The number of aromatic nitrogens is 1. The first-order chi connectivity index (χ1) is 12.6. The molecule has 26 heavy (non-hydrogen) atoms. The minimum absolute atomic E-state index is 0.284. The van der Waals surface area contributed by atoms with Crippen molar-refractivity contribution in [2.45, 2.75) is 57.1 Å². The van der Waals surface area contributed by atoms with Gasteiger partial charge in [-0.3, -0.25) is 4.99 Å². The fraction of sp³-hybridized carbons (Fsp3) is 0.684. The highest BCUT2D eigenvalue weighted by Crippen LogP contribution is 2.28. The lowest BCUT2D eigenvalue weighted by Gasteiger charge is -2.30. The maximum Gasteiger partial charge on any atom is 0.191 e. The summed E-state index contributed by atoms with van der Waals surface area (Å²) in [6.45, 7) is 5.07. The summed E-state index contributed by atoms with van der Waals surface area (Å²) < 4.78 is 0. The number of guanidine groups is 1. The van der Waals surface area contributed by atoms with E-state index in [0.29, 0.717) is 11.6 Å². The highest BCUT2D eigenvalue weighted by molar-refractivity contribution is 6.32. The predicted octanol–water partition coefficient (Wildman–Crippen LogP) is 2.56. The monoisotopic (exact) mass is 379 g/mol. The van der Waals surface area contributed by atoms with Gasteiger partial charge in [0.25, 0.3) is 0 Å². The fourth-order valence-corrected chi connectivity index (χ4v) is 4.03. The van der Waals surface area contributed by atoms with Crippen molar-refractivity contribution < 1.29 is 5.11 Å². The number of aliphatic imine (C=N–C) groups is 1. The molecule has 2 fully saturated rings. The first-order valence-corrected chi connectivity index (χ1v) is 10.1. The van der Waals surface area contributed by atoms with E-state index in [1.54, 1.807) is 6.20 Å². The number of nitrogens with zero attached hydrogens (tertiary/aromatic N) is 3. The van der Waals surface area contributed by atoms with Crippen molar-refractivity contribution >= 4 is 23.4 Å². The number of aliphatic hydroxyl groups is 1. The Balaban J connectivity index is 1.58. The van der Waals surface area contributed by atoms with Gasteiger partial charge in [-0.15, -0.1) is 0 Å². The molecule has 1 saturated carbocycles. The van der Waals surface area contributed by atoms with Crippen LogP contribution < -0.4 is 15.5 Å². The van der Waals surface area contributed by atoms with E-state index >= 15 is 0 Å². The molecule has 0 amide bonds. The molecule has 2 aliphatic rings. The minimum atomic E-state index is -0.635. The lowest BCUT2D eigenvalue weighted by atomic mass is 9.85. The molecule has 2 heterocycles. The van der Waals surface area contributed by atoms with Gasteiger partial charge in [0, 0.05) is 31.9 Å². The van der Waals surface area contributed by atoms with Crippen LogP contribution in [0.25, 0.3) is 0 Å². The molecule has 1 aliphatic carbocycles. The number of nitrogens with one attached hydrogen (secondary N) is 2. The normalized spacial score (nSPS) is 23.1. The number of rotatable bonds is 5. The molecule has 0 spiro atoms. The Morgan fingerprint density at radius 3 is 2.96 bits per heavy atom. The van der Waals surface area contributed by atoms with Crippen LogP contribution in [-0.4, -0.2) is 53.9 Å². The molecule has 0 aromatic carbocycles. The van der Waals surface area contributed by atoms with Crippen molar-refractivity contribution in [3.63, 3.8) is 0 Å². The van der Waals surface area contributed by atoms with Crippen LogP contribution in [0.5, 0.6) is 0 Å². The van der Waals surface area contributed by atoms with Crippen LogP contribution in [0.2, 0.25) is 5.02 Å². The number of hydrogen-bond donors (Lipinski definition) is 3. The summed E-state index contributed by atoms with van der Waals surface area (Å²) in [5, 5.41) is 18.2. The number of anilines is 1. The van der Waals surface area contributed by atoms with Gasteiger partial charge >= 0.3 is 0 Å². The number of pyridine rings is 1. The second-order valence-corrected chi connectivity index (χ2v) is 7.77. The van der Waals surface area contributed by atoms with Crippen LogP contribution >= 0.6 is 11.6 Å². The topological polar surface area (TPSA) is 72.8 Å². The zero-order valence-electron chi connectivity index (χ0n) is 15.5. The third kappa shape index (κ3) is 5.01. The molecular weight excluding hydrogens is 350 g/mol. The van der Waals surface area contributed by atoms with E-state index in [9.17, 15) is 5.11 Å². The van der Waals surface area contributed by atoms with Crippen molar-refractivity contribution in [2.24, 2.45) is 4.99 Å². The zero-order valence-corrected chi connectivity index (χ0v) is 16.3. The van der Waals surface area contributed by atoms with E-state index in [4.69, 9.17) is 11.6 Å². The van der Waals surface area contributed by atoms with E-state index in [2.05, 4.69) is 32.4 Å². The third-order valence-corrected chi connectivity index (χ3v) is 5.52. The maximum atomic E-state index is 10.7. The molecule has 1 saturated heterocycles. The molecule has 1 aromatic heterocycles. The van der Waals surface area contributed by atoms with E-state index in [-0.39, 0.29) is 6.04 Å². The zero-order chi connectivity index (χ0) is 18.4. The van der Waals surface area contributed by atoms with Crippen LogP contribution in [0.4, 0.5) is 5.82 Å². The quantitative estimate of drug-likeness (QED) is 0.541. The molecule has 1 atom stereocenters. The Bertz CT molecular complexity index is 618. The van der Waals surface area contributed by atoms with Crippen molar-refractivity contribution in [2.75, 3.05) is 31.1 Å². The Kier molecular flexibility index (Phi) is 6.59. The molecule has 0 radical (unpaired) electrons. The first kappa shape index (κ1) is 19.2. The Morgan fingerprint density at radius 2 is 2.23 bits per heavy atom. The molecule has 3 rings (SSSR count). The second kappa shape index (κ2) is 8.91. The highest BCUT2D eigenvalue weighted by atomic mass is 35.5. The molecule has 1 unspecified atom stereocenters. The fourth-order valence-electron chi connectivity index (χ4n) is 3.79. The van der Waals surface area contributed by atoms with Crippen molar-refractivity contribution in [1.29, 1.82) is 0 Å². The summed E-state index contributed by atoms with van der Waals surface area (Å²) in [5.41, 5.74) is -0.635. The van der Waals surface area contributed by atoms with Gasteiger partial charge in [0.15, 0.2) is 5.96 Å². The SMILES string of the molecule is CCNC(=NCC1(O)CCCCC1)NC1CCN(c2ncccc2Cl)C1. The minimum Gasteiger partial charge on any atom is -0.388 e. The van der Waals surface area contributed by atoms with Gasteiger partial charge in [0.2, 0.25) is 0 Å². The van der Waals surface area contributed by atoms with Gasteiger partial charge in [-0.25, -0.2) is 4.98 Å². The molecule has 144 valence electrons. The van der Waals surface area contributed by atoms with Gasteiger partial charge in [0.05, 0.1) is 17.2 Å². The van der Waals surface area contributed by atoms with Gasteiger partial charge in [-0.1, -0.05) is 30.9 Å². The van der Waals surface area contributed by atoms with E-state index in [0.717, 1.165) is 63.5 Å². The maximum absolute atomic E-state index is 10.7. The van der Waals surface area contributed by atoms with Gasteiger partial charge < -0.3 is 20.6 Å². The lowest BCUT2D eigenvalue weighted by molar-refractivity contribution is 0.0131. The van der Waals surface area contributed by atoms with Crippen molar-refractivity contribution in [3.8, 4) is 0 Å². The van der Waals surface area contributed by atoms with Gasteiger partial charge in [-0.05, 0) is 38.3 Å². The summed E-state index contributed by atoms with van der Waals surface area (Å²) >= 11 is 6.27. The van der Waals surface area contributed by atoms with Gasteiger partial charge in [0.1, 0.15) is 5.82 Å². The first-order valence-electron chi connectivity index (χ1n) is 9.72. The summed E-state index contributed by atoms with van der Waals surface area (Å²) in [5.74, 6) is 1.63. The van der Waals surface area contributed by atoms with Crippen LogP contribution in [-0.2, 0) is 0 Å². The average Bonchev–Trinajstić information content (AvgIpc) is 3.09. The smallest absolute Gasteiger partial charge is 0.191 e. The number of halogens is 1. The summed E-state index contributed by atoms with van der Waals surface area (Å²) in [6, 6.07) is 4.01. The predicted molar refractivity (Wildman–Crippen MR) is 107 cm³/mol. The van der Waals surface area contributed by atoms with Crippen molar-refractivity contribution in [1.82, 2.24) is 15.6 Å². The summed E-state index contributed by atoms with van der Waals surface area (Å²) in [4.78, 5) is 11.3. The standard InChI is InChI=1S/C19H30ClN5O/c1-2-21-18(23-14-19(26)9-4-3-5-10-19)24-15-8-12-25(13-15)17-16(20)7-6-11-22-17/h6-7,11,15,26H,2-5,8-10,12-14H2,1H3,(H2,21,23,24). The summed E-state index contributed by atoms with van der Waals surface area (Å²) in [7, 11) is 0. The van der Waals surface area contributed by atoms with Crippen LogP contribution in [0.1, 0.15) is 45.4 Å². The highest BCUT2D eigenvalue weighted by Gasteiger charge is 2.29. The lowest BCUT2D eigenvalue weighted by Crippen LogP contribution is -2.46. The van der Waals surface area contributed by atoms with Crippen molar-refractivity contribution in [3.05, 3.63) is 23.4 Å². The Labute approximate surface area is 161 Å². The van der Waals surface area contributed by atoms with E-state index in [1.165, 1.54) is 6.42 Å². The van der Waals surface area contributed by atoms with E-state index in [1.807, 2.05) is 12.1 Å². The van der Waals surface area contributed by atoms with Gasteiger partial charge in [-0.2, -0.15) is 0 Å². The molecule has 1 aromatic rings. The summed E-state index contributed by atoms with van der Waals surface area (Å²) in [6.07, 6.45) is 7.89. The third-order valence-electron chi connectivity index (χ3n) is 5.23. The molecule has 0 bridgehead atoms. The second-order valence-electron chi connectivity index (χ2n) is 7.36. The van der Waals surface area contributed by atoms with E-state index < -0.39 is 5.60 Å². The average molecular weight is 380 g/mol. The molecule has 3 N–H and O–H groups in total. The Morgan fingerprint density at radius 1 is 1.42 bits per heavy atom. The van der Waals surface area contributed by atoms with Crippen LogP contribution in [0.15, 0.2) is 23.3 Å². The molecule has 7 heteroatoms. The molecule has 6 nitrogen and oxygen atoms in total. The van der Waals surface area contributed by atoms with Crippen LogP contribution in [0.3, 0.4) is 0 Å². The number of hydrogen-bond acceptors (Lipinski definition) is 4.